The van der Waals surface area contributed by atoms with E-state index in [1.807, 2.05) is 0 Å². The number of carbonyl (C=O) groups excluding carboxylic acids is 1. The Morgan fingerprint density at radius 2 is 1.95 bits per heavy atom. The Bertz CT molecular complexity index is 560. The van der Waals surface area contributed by atoms with Gasteiger partial charge in [-0.15, -0.1) is 0 Å². The molecule has 1 aromatic rings. The molecule has 1 aliphatic rings. The van der Waals surface area contributed by atoms with Gasteiger partial charge < -0.3 is 4.90 Å². The van der Waals surface area contributed by atoms with E-state index in [0.717, 1.165) is 17.0 Å². The lowest BCUT2D eigenvalue weighted by molar-refractivity contribution is -0.184. The lowest BCUT2D eigenvalue weighted by Crippen LogP contribution is -2.45. The van der Waals surface area contributed by atoms with Gasteiger partial charge in [0.15, 0.2) is 5.82 Å². The molecule has 0 N–H and O–H groups in total. The normalized spacial score (nSPS) is 19.7. The second-order valence-electron chi connectivity index (χ2n) is 4.85. The maximum atomic E-state index is 13.8. The number of hydrogen-bond acceptors (Lipinski definition) is 1. The molecule has 2 nitrogen and oxygen atoms in total. The molecule has 0 bridgehead atoms. The number of piperidine rings is 1. The lowest BCUT2D eigenvalue weighted by Gasteiger charge is -2.33. The fraction of sp³-hybridized carbons (Fsp3) is 0.462. The third-order valence-electron chi connectivity index (χ3n) is 3.43. The summed E-state index contributed by atoms with van der Waals surface area (Å²) in [5.74, 6) is -4.90. The van der Waals surface area contributed by atoms with Crippen LogP contribution in [0.25, 0.3) is 0 Å². The van der Waals surface area contributed by atoms with E-state index in [-0.39, 0.29) is 23.9 Å². The van der Waals surface area contributed by atoms with E-state index in [0.29, 0.717) is 0 Å². The maximum Gasteiger partial charge on any atom is 0.393 e. The number of hydrogen-bond donors (Lipinski definition) is 0. The van der Waals surface area contributed by atoms with Crippen LogP contribution in [0.2, 0.25) is 0 Å². The van der Waals surface area contributed by atoms with Crippen LogP contribution < -0.4 is 0 Å². The van der Waals surface area contributed by atoms with Gasteiger partial charge in [0.05, 0.1) is 10.4 Å². The summed E-state index contributed by atoms with van der Waals surface area (Å²) in [4.78, 5) is 13.0. The van der Waals surface area contributed by atoms with Crippen molar-refractivity contribution in [3.05, 3.63) is 33.8 Å². The highest BCUT2D eigenvalue weighted by Gasteiger charge is 2.43. The van der Waals surface area contributed by atoms with Gasteiger partial charge in [-0.3, -0.25) is 4.79 Å². The second-order valence-corrected chi connectivity index (χ2v) is 5.70. The summed E-state index contributed by atoms with van der Waals surface area (Å²) in [5.41, 5.74) is -0.827. The van der Waals surface area contributed by atoms with Gasteiger partial charge in [-0.05, 0) is 40.9 Å². The summed E-state index contributed by atoms with van der Waals surface area (Å²) in [7, 11) is 0. The van der Waals surface area contributed by atoms with E-state index in [1.165, 1.54) is 0 Å². The van der Waals surface area contributed by atoms with Crippen molar-refractivity contribution in [3.8, 4) is 0 Å². The average molecular weight is 372 g/mol. The van der Waals surface area contributed by atoms with Gasteiger partial charge in [0.25, 0.3) is 5.91 Å². The van der Waals surface area contributed by atoms with Crippen molar-refractivity contribution in [1.29, 1.82) is 0 Å². The molecule has 1 aromatic carbocycles. The molecule has 1 saturated heterocycles. The van der Waals surface area contributed by atoms with Gasteiger partial charge in [-0.25, -0.2) is 8.78 Å². The molecule has 116 valence electrons. The highest BCUT2D eigenvalue weighted by molar-refractivity contribution is 9.10. The molecule has 0 saturated carbocycles. The Hall–Kier alpha value is -1.18. The Morgan fingerprint density at radius 1 is 1.29 bits per heavy atom. The smallest absolute Gasteiger partial charge is 0.338 e. The van der Waals surface area contributed by atoms with Gasteiger partial charge in [-0.2, -0.15) is 13.2 Å². The standard InChI is InChI=1S/C13H11BrF5NO/c14-8-3-4-9(15)10(11(8)16)12(21)20-5-1-2-7(6-20)13(17,18)19/h3-4,7H,1-2,5-6H2. The summed E-state index contributed by atoms with van der Waals surface area (Å²) in [6.07, 6.45) is -4.36. The number of alkyl halides is 3. The van der Waals surface area contributed by atoms with Gasteiger partial charge in [-0.1, -0.05) is 0 Å². The van der Waals surface area contributed by atoms with Crippen LogP contribution in [0.5, 0.6) is 0 Å². The molecular formula is C13H11BrF5NO. The largest absolute Gasteiger partial charge is 0.393 e. The Morgan fingerprint density at radius 3 is 2.57 bits per heavy atom. The van der Waals surface area contributed by atoms with Crippen LogP contribution in [-0.4, -0.2) is 30.1 Å². The summed E-state index contributed by atoms with van der Waals surface area (Å²) >= 11 is 2.82. The van der Waals surface area contributed by atoms with Crippen LogP contribution in [0.3, 0.4) is 0 Å². The van der Waals surface area contributed by atoms with E-state index in [9.17, 15) is 26.7 Å². The van der Waals surface area contributed by atoms with Crippen molar-refractivity contribution < 1.29 is 26.7 Å². The van der Waals surface area contributed by atoms with Crippen molar-refractivity contribution in [1.82, 2.24) is 4.90 Å². The molecule has 8 heteroatoms. The molecule has 21 heavy (non-hydrogen) atoms. The van der Waals surface area contributed by atoms with Crippen LogP contribution in [0.15, 0.2) is 16.6 Å². The van der Waals surface area contributed by atoms with E-state index in [4.69, 9.17) is 0 Å². The van der Waals surface area contributed by atoms with Crippen LogP contribution in [0.1, 0.15) is 23.2 Å². The Kier molecular flexibility index (Phi) is 4.55. The maximum absolute atomic E-state index is 13.8. The number of nitrogens with zero attached hydrogens (tertiary/aromatic N) is 1. The minimum atomic E-state index is -4.42. The Balaban J connectivity index is 2.27. The minimum Gasteiger partial charge on any atom is -0.338 e. The molecule has 2 rings (SSSR count). The second kappa shape index (κ2) is 5.90. The van der Waals surface area contributed by atoms with Crippen molar-refractivity contribution in [3.63, 3.8) is 0 Å². The van der Waals surface area contributed by atoms with Gasteiger partial charge in [0, 0.05) is 13.1 Å². The van der Waals surface area contributed by atoms with Crippen LogP contribution >= 0.6 is 15.9 Å². The van der Waals surface area contributed by atoms with E-state index in [2.05, 4.69) is 15.9 Å². The SMILES string of the molecule is O=C(c1c(F)ccc(Br)c1F)N1CCCC(C(F)(F)F)C1. The van der Waals surface area contributed by atoms with Crippen molar-refractivity contribution >= 4 is 21.8 Å². The highest BCUT2D eigenvalue weighted by Crippen LogP contribution is 2.34. The quantitative estimate of drug-likeness (QED) is 0.536. The number of benzene rings is 1. The molecule has 1 unspecified atom stereocenters. The van der Waals surface area contributed by atoms with Crippen molar-refractivity contribution in [2.24, 2.45) is 5.92 Å². The molecule has 1 atom stereocenters. The number of rotatable bonds is 1. The minimum absolute atomic E-state index is 0.0524. The zero-order valence-corrected chi connectivity index (χ0v) is 12.3. The van der Waals surface area contributed by atoms with Crippen molar-refractivity contribution in [2.45, 2.75) is 19.0 Å². The molecule has 0 aromatic heterocycles. The molecule has 0 radical (unpaired) electrons. The third kappa shape index (κ3) is 3.36. The first kappa shape index (κ1) is 16.2. The summed E-state index contributed by atoms with van der Waals surface area (Å²) in [6, 6.07) is 1.99. The number of carbonyl (C=O) groups is 1. The highest BCUT2D eigenvalue weighted by atomic mass is 79.9. The predicted octanol–water partition coefficient (Wildman–Crippen LogP) is 4.14. The van der Waals surface area contributed by atoms with E-state index in [1.54, 1.807) is 0 Å². The molecule has 1 heterocycles. The monoisotopic (exact) mass is 371 g/mol. The molecule has 0 spiro atoms. The fourth-order valence-electron chi connectivity index (χ4n) is 2.31. The van der Waals surface area contributed by atoms with Crippen LogP contribution in [0, 0.1) is 17.6 Å². The molecule has 1 aliphatic heterocycles. The van der Waals surface area contributed by atoms with Gasteiger partial charge in [0.1, 0.15) is 11.4 Å². The molecule has 1 amide bonds. The van der Waals surface area contributed by atoms with Gasteiger partial charge in [0.2, 0.25) is 0 Å². The summed E-state index contributed by atoms with van der Waals surface area (Å²) in [5, 5.41) is 0. The average Bonchev–Trinajstić information content (AvgIpc) is 2.42. The van der Waals surface area contributed by atoms with Crippen LogP contribution in [-0.2, 0) is 0 Å². The fourth-order valence-corrected chi connectivity index (χ4v) is 2.64. The molecule has 1 fully saturated rings. The molecular weight excluding hydrogens is 361 g/mol. The Labute approximate surface area is 126 Å². The number of amides is 1. The van der Waals surface area contributed by atoms with E-state index >= 15 is 0 Å². The number of likely N-dealkylation sites (tertiary alicyclic amines) is 1. The number of halogens is 6. The zero-order valence-electron chi connectivity index (χ0n) is 10.7. The summed E-state index contributed by atoms with van der Waals surface area (Å²) in [6.45, 7) is -0.523. The van der Waals surface area contributed by atoms with Gasteiger partial charge >= 0.3 is 6.18 Å². The van der Waals surface area contributed by atoms with Crippen LogP contribution in [0.4, 0.5) is 22.0 Å². The molecule has 0 aliphatic carbocycles. The first-order valence-electron chi connectivity index (χ1n) is 6.21. The first-order valence-corrected chi connectivity index (χ1v) is 7.00. The summed E-state index contributed by atoms with van der Waals surface area (Å²) < 4.78 is 65.5. The predicted molar refractivity (Wildman–Crippen MR) is 68.7 cm³/mol. The van der Waals surface area contributed by atoms with Crippen molar-refractivity contribution in [2.75, 3.05) is 13.1 Å². The zero-order chi connectivity index (χ0) is 15.8. The first-order chi connectivity index (χ1) is 9.71. The lowest BCUT2D eigenvalue weighted by atomic mass is 9.97. The van der Waals surface area contributed by atoms with E-state index < -0.39 is 41.7 Å². The topological polar surface area (TPSA) is 20.3 Å². The third-order valence-corrected chi connectivity index (χ3v) is 4.04.